The zero-order valence-electron chi connectivity index (χ0n) is 2.43. The molecule has 0 saturated carbocycles. The Hall–Kier alpha value is 2.83. The Morgan fingerprint density at radius 3 is 1.20 bits per heavy atom. The second-order valence-corrected chi connectivity index (χ2v) is 0. The molecule has 5 heteroatoms. The summed E-state index contributed by atoms with van der Waals surface area (Å²) in [5.41, 5.74) is 0. The Balaban J connectivity index is -0.00000000167. The van der Waals surface area contributed by atoms with Gasteiger partial charge in [-0.1, -0.05) is 0 Å². The van der Waals surface area contributed by atoms with Crippen molar-refractivity contribution in [3.05, 3.63) is 0 Å². The van der Waals surface area contributed by atoms with Gasteiger partial charge in [0.25, 0.3) is 0 Å². The second-order valence-electron chi connectivity index (χ2n) is 0. The van der Waals surface area contributed by atoms with Crippen LogP contribution in [0.25, 0.3) is 0 Å². The Kier molecular flexibility index (Phi) is 145. The standard InChI is InChI=1S/2Ag.Cd.O.Zn. The van der Waals surface area contributed by atoms with Gasteiger partial charge in [0.2, 0.25) is 0 Å². The number of hydrogen-bond donors (Lipinski definition) is 0. The Bertz CT molecular complexity index is 9.61. The fourth-order valence-corrected chi connectivity index (χ4v) is 0. The number of rotatable bonds is 0. The van der Waals surface area contributed by atoms with Gasteiger partial charge in [-0.3, -0.25) is 0 Å². The summed E-state index contributed by atoms with van der Waals surface area (Å²) in [7, 11) is 0. The van der Waals surface area contributed by atoms with E-state index in [0.717, 1.165) is 0 Å². The van der Waals surface area contributed by atoms with Crippen LogP contribution in [0, 0.1) is 0 Å². The molecule has 0 aliphatic heterocycles. The van der Waals surface area contributed by atoms with Crippen molar-refractivity contribution in [2.45, 2.75) is 0 Å². The summed E-state index contributed by atoms with van der Waals surface area (Å²) in [6.07, 6.45) is 0. The van der Waals surface area contributed by atoms with Gasteiger partial charge in [0.15, 0.2) is 0 Å². The summed E-state index contributed by atoms with van der Waals surface area (Å²) in [5.74, 6) is 0. The molecule has 0 aromatic heterocycles. The monoisotopic (exact) mass is 408 g/mol. The molecule has 0 amide bonds. The zero-order chi connectivity index (χ0) is 2.00. The summed E-state index contributed by atoms with van der Waals surface area (Å²) in [6.45, 7) is 0. The van der Waals surface area contributed by atoms with Gasteiger partial charge in [-0.25, -0.2) is 0 Å². The Morgan fingerprint density at radius 1 is 1.20 bits per heavy atom. The molecule has 1 nitrogen and oxygen atoms in total. The molecule has 0 aliphatic carbocycles. The van der Waals surface area contributed by atoms with E-state index in [1.165, 1.54) is 0 Å². The van der Waals surface area contributed by atoms with Crippen LogP contribution in [0.1, 0.15) is 0 Å². The molecule has 5 heavy (non-hydrogen) atoms. The minimum absolute atomic E-state index is 0. The molecule has 0 N–H and O–H groups in total. The van der Waals surface area contributed by atoms with Crippen LogP contribution in [0.3, 0.4) is 0 Å². The van der Waals surface area contributed by atoms with E-state index in [1.807, 2.05) is 0 Å². The van der Waals surface area contributed by atoms with Crippen LogP contribution in [-0.4, -0.2) is 0 Å². The maximum absolute atomic E-state index is 8.06. The summed E-state index contributed by atoms with van der Waals surface area (Å²) >= 11 is 1.70. The van der Waals surface area contributed by atoms with Crippen LogP contribution in [0.2, 0.25) is 0 Å². The zero-order valence-corrected chi connectivity index (χ0v) is 12.4. The molecule has 0 rings (SSSR count). The first-order valence-electron chi connectivity index (χ1n) is 0.123. The van der Waals surface area contributed by atoms with Gasteiger partial charge in [0, 0.05) is 69.2 Å². The summed E-state index contributed by atoms with van der Waals surface area (Å²) < 4.78 is 8.06. The molecule has 0 aromatic carbocycles. The van der Waals surface area contributed by atoms with Crippen molar-refractivity contribution >= 4 is 0 Å². The van der Waals surface area contributed by atoms with Crippen molar-refractivity contribution in [3.8, 4) is 0 Å². The van der Waals surface area contributed by atoms with Crippen LogP contribution < -0.4 is 0 Å². The molecule has 1 radical (unpaired) electrons. The summed E-state index contributed by atoms with van der Waals surface area (Å²) in [4.78, 5) is 0. The fourth-order valence-electron chi connectivity index (χ4n) is 0. The van der Waals surface area contributed by atoms with Gasteiger partial charge >= 0.3 is 24.3 Å². The van der Waals surface area contributed by atoms with E-state index in [0.29, 0.717) is 0 Å². The molecule has 0 saturated heterocycles. The fraction of sp³-hybridized carbons (Fsp3) is 0. The number of hydrogen-bond acceptors (Lipinski definition) is 1. The van der Waals surface area contributed by atoms with Crippen LogP contribution in [0.5, 0.6) is 0 Å². The minimum Gasteiger partial charge on any atom is 0 e. The van der Waals surface area contributed by atoms with Crippen molar-refractivity contribution < 1.29 is 93.4 Å². The van der Waals surface area contributed by atoms with Crippen molar-refractivity contribution in [2.24, 2.45) is 0 Å². The first-order chi connectivity index (χ1) is 1.00. The van der Waals surface area contributed by atoms with E-state index in [-0.39, 0.29) is 69.2 Å². The van der Waals surface area contributed by atoms with Gasteiger partial charge in [-0.2, -0.15) is 0 Å². The minimum atomic E-state index is 0. The quantitative estimate of drug-likeness (QED) is 0.510. The predicted molar refractivity (Wildman–Crippen MR) is 0.686 cm³/mol. The normalized spacial score (nSPS) is 1.20. The molecule has 0 spiro atoms. The predicted octanol–water partition coefficient (Wildman–Crippen LogP) is -0.129. The van der Waals surface area contributed by atoms with E-state index in [2.05, 4.69) is 0 Å². The van der Waals surface area contributed by atoms with Gasteiger partial charge in [-0.05, 0) is 0 Å². The molecule has 0 bridgehead atoms. The Labute approximate surface area is 91.7 Å². The molecule has 0 atom stereocenters. The maximum atomic E-state index is 8.06. The van der Waals surface area contributed by atoms with Crippen LogP contribution in [-0.2, 0) is 93.4 Å². The summed E-state index contributed by atoms with van der Waals surface area (Å²) in [5, 5.41) is 0. The Morgan fingerprint density at radius 2 is 1.20 bits per heavy atom. The van der Waals surface area contributed by atoms with E-state index in [9.17, 15) is 0 Å². The van der Waals surface area contributed by atoms with E-state index in [4.69, 9.17) is 3.25 Å². The second kappa shape index (κ2) is 29.0. The molecular formula is Ag2CdOZn. The van der Waals surface area contributed by atoms with Gasteiger partial charge in [0.05, 0.1) is 0 Å². The third kappa shape index (κ3) is 19.9. The van der Waals surface area contributed by atoms with Crippen LogP contribution in [0.4, 0.5) is 0 Å². The van der Waals surface area contributed by atoms with Gasteiger partial charge in [-0.15, -0.1) is 0 Å². The van der Waals surface area contributed by atoms with Crippen molar-refractivity contribution in [2.75, 3.05) is 0 Å². The van der Waals surface area contributed by atoms with E-state index >= 15 is 0 Å². The van der Waals surface area contributed by atoms with Crippen molar-refractivity contribution in [1.29, 1.82) is 0 Å². The molecule has 0 heterocycles. The first-order valence-corrected chi connectivity index (χ1v) is 0.728. The largest absolute Gasteiger partial charge is 0 e. The van der Waals surface area contributed by atoms with Crippen molar-refractivity contribution in [1.82, 2.24) is 0 Å². The van der Waals surface area contributed by atoms with Gasteiger partial charge < -0.3 is 0 Å². The SMILES string of the molecule is [Ag].[Cd].[O]=[Ag].[Zn]. The van der Waals surface area contributed by atoms with Gasteiger partial charge in [0.1, 0.15) is 0 Å². The smallest absolute Gasteiger partial charge is 0 e. The van der Waals surface area contributed by atoms with Crippen molar-refractivity contribution in [3.63, 3.8) is 0 Å². The van der Waals surface area contributed by atoms with Crippen LogP contribution >= 0.6 is 0 Å². The molecular weight excluding hydrogens is 410 g/mol. The van der Waals surface area contributed by atoms with E-state index < -0.39 is 0 Å². The molecule has 0 fully saturated rings. The maximum Gasteiger partial charge on any atom is 0 e. The third-order valence-electron chi connectivity index (χ3n) is 0. The van der Waals surface area contributed by atoms with E-state index in [1.54, 1.807) is 21.0 Å². The van der Waals surface area contributed by atoms with Crippen LogP contribution in [0.15, 0.2) is 0 Å². The summed E-state index contributed by atoms with van der Waals surface area (Å²) in [6, 6.07) is 0. The molecule has 0 aromatic rings. The molecule has 0 aliphatic rings. The first kappa shape index (κ1) is 24.9. The molecule has 0 unspecified atom stereocenters. The molecule has 32 valence electrons. The third-order valence-corrected chi connectivity index (χ3v) is 0. The average molecular weight is 410 g/mol. The average Bonchev–Trinajstić information content (AvgIpc) is 1.00. The topological polar surface area (TPSA) is 17.1 Å².